The van der Waals surface area contributed by atoms with Crippen LogP contribution in [-0.4, -0.2) is 6.04 Å². The van der Waals surface area contributed by atoms with Gasteiger partial charge in [0.2, 0.25) is 0 Å². The number of rotatable bonds is 5. The van der Waals surface area contributed by atoms with Crippen molar-refractivity contribution in [3.8, 4) is 0 Å². The quantitative estimate of drug-likeness (QED) is 0.851. The Bertz CT molecular complexity index is 515. The first kappa shape index (κ1) is 13.2. The third-order valence-corrected chi connectivity index (χ3v) is 4.00. The second kappa shape index (κ2) is 5.57. The van der Waals surface area contributed by atoms with Gasteiger partial charge in [-0.25, -0.2) is 0 Å². The van der Waals surface area contributed by atoms with E-state index in [1.807, 2.05) is 19.1 Å². The molecule has 2 unspecified atom stereocenters. The van der Waals surface area contributed by atoms with E-state index in [4.69, 9.17) is 4.42 Å². The van der Waals surface area contributed by atoms with E-state index in [1.165, 1.54) is 17.4 Å². The van der Waals surface area contributed by atoms with E-state index in [9.17, 15) is 0 Å². The summed E-state index contributed by atoms with van der Waals surface area (Å²) in [5.74, 6) is 1.73. The van der Waals surface area contributed by atoms with Crippen molar-refractivity contribution in [2.75, 3.05) is 0 Å². The molecule has 1 heterocycles. The van der Waals surface area contributed by atoms with Crippen molar-refractivity contribution >= 4 is 11.0 Å². The average Bonchev–Trinajstić information content (AvgIpc) is 2.70. The zero-order valence-electron chi connectivity index (χ0n) is 11.8. The van der Waals surface area contributed by atoms with Crippen molar-refractivity contribution in [3.63, 3.8) is 0 Å². The summed E-state index contributed by atoms with van der Waals surface area (Å²) >= 11 is 0. The van der Waals surface area contributed by atoms with Crippen LogP contribution in [0.25, 0.3) is 11.0 Å². The minimum absolute atomic E-state index is 0.531. The van der Waals surface area contributed by atoms with Crippen molar-refractivity contribution in [2.24, 2.45) is 5.92 Å². The van der Waals surface area contributed by atoms with Gasteiger partial charge in [0.05, 0.1) is 0 Å². The second-order valence-electron chi connectivity index (χ2n) is 5.19. The van der Waals surface area contributed by atoms with Crippen LogP contribution >= 0.6 is 0 Å². The maximum absolute atomic E-state index is 5.78. The Labute approximate surface area is 109 Å². The number of furan rings is 1. The molecule has 1 aromatic heterocycles. The maximum atomic E-state index is 5.78. The molecule has 0 radical (unpaired) electrons. The lowest BCUT2D eigenvalue weighted by atomic mass is 10.0. The van der Waals surface area contributed by atoms with Gasteiger partial charge < -0.3 is 9.73 Å². The van der Waals surface area contributed by atoms with Crippen LogP contribution < -0.4 is 5.32 Å². The summed E-state index contributed by atoms with van der Waals surface area (Å²) in [6.07, 6.45) is 1.21. The molecule has 0 aliphatic rings. The number of benzene rings is 1. The highest BCUT2D eigenvalue weighted by atomic mass is 16.3. The van der Waals surface area contributed by atoms with Gasteiger partial charge in [0.25, 0.3) is 0 Å². The van der Waals surface area contributed by atoms with Gasteiger partial charge in [-0.1, -0.05) is 38.5 Å². The highest BCUT2D eigenvalue weighted by molar-refractivity contribution is 5.82. The van der Waals surface area contributed by atoms with Crippen LogP contribution in [0.1, 0.15) is 38.5 Å². The van der Waals surface area contributed by atoms with E-state index in [0.29, 0.717) is 12.0 Å². The van der Waals surface area contributed by atoms with E-state index in [1.54, 1.807) is 0 Å². The van der Waals surface area contributed by atoms with Crippen molar-refractivity contribution in [2.45, 2.75) is 46.7 Å². The molecule has 1 aromatic carbocycles. The Kier molecular flexibility index (Phi) is 4.07. The molecule has 2 aromatic rings. The fourth-order valence-electron chi connectivity index (χ4n) is 2.26. The molecule has 1 N–H and O–H groups in total. The number of hydrogen-bond acceptors (Lipinski definition) is 2. The molecular formula is C16H23NO. The van der Waals surface area contributed by atoms with E-state index < -0.39 is 0 Å². The fraction of sp³-hybridized carbons (Fsp3) is 0.500. The van der Waals surface area contributed by atoms with E-state index in [2.05, 4.69) is 38.2 Å². The van der Waals surface area contributed by atoms with Crippen LogP contribution in [0.4, 0.5) is 0 Å². The largest absolute Gasteiger partial charge is 0.461 e. The maximum Gasteiger partial charge on any atom is 0.134 e. The fourth-order valence-corrected chi connectivity index (χ4v) is 2.26. The Morgan fingerprint density at radius 3 is 2.67 bits per heavy atom. The van der Waals surface area contributed by atoms with Gasteiger partial charge in [0.1, 0.15) is 11.3 Å². The highest BCUT2D eigenvalue weighted by Crippen LogP contribution is 2.25. The lowest BCUT2D eigenvalue weighted by Gasteiger charge is -2.19. The monoisotopic (exact) mass is 245 g/mol. The predicted molar refractivity (Wildman–Crippen MR) is 76.7 cm³/mol. The molecule has 2 atom stereocenters. The lowest BCUT2D eigenvalue weighted by molar-refractivity contribution is 0.388. The van der Waals surface area contributed by atoms with Gasteiger partial charge in [0.15, 0.2) is 0 Å². The van der Waals surface area contributed by atoms with E-state index in [0.717, 1.165) is 17.9 Å². The summed E-state index contributed by atoms with van der Waals surface area (Å²) in [5, 5.41) is 4.84. The summed E-state index contributed by atoms with van der Waals surface area (Å²) in [4.78, 5) is 0. The first-order chi connectivity index (χ1) is 8.63. The van der Waals surface area contributed by atoms with Gasteiger partial charge in [0, 0.05) is 23.5 Å². The van der Waals surface area contributed by atoms with Gasteiger partial charge >= 0.3 is 0 Å². The van der Waals surface area contributed by atoms with Crippen LogP contribution in [0.15, 0.2) is 28.7 Å². The molecule has 2 rings (SSSR count). The molecule has 98 valence electrons. The molecule has 18 heavy (non-hydrogen) atoms. The third-order valence-electron chi connectivity index (χ3n) is 4.00. The van der Waals surface area contributed by atoms with Gasteiger partial charge in [-0.2, -0.15) is 0 Å². The molecule has 2 nitrogen and oxygen atoms in total. The molecule has 0 aliphatic heterocycles. The van der Waals surface area contributed by atoms with Gasteiger partial charge in [-0.15, -0.1) is 0 Å². The number of aryl methyl sites for hydroxylation is 1. The Hall–Kier alpha value is -1.28. The lowest BCUT2D eigenvalue weighted by Crippen LogP contribution is -2.31. The second-order valence-corrected chi connectivity index (χ2v) is 5.19. The number of hydrogen-bond donors (Lipinski definition) is 1. The molecule has 0 bridgehead atoms. The summed E-state index contributed by atoms with van der Waals surface area (Å²) < 4.78 is 5.78. The summed E-state index contributed by atoms with van der Waals surface area (Å²) in [6.45, 7) is 9.71. The standard InChI is InChI=1S/C16H23NO/c1-5-11(2)12(3)17-10-15-13(4)18-16-9-7-6-8-14(15)16/h6-9,11-12,17H,5,10H2,1-4H3. The van der Waals surface area contributed by atoms with Crippen LogP contribution in [0.2, 0.25) is 0 Å². The van der Waals surface area contributed by atoms with Crippen LogP contribution in [-0.2, 0) is 6.54 Å². The first-order valence-corrected chi connectivity index (χ1v) is 6.83. The predicted octanol–water partition coefficient (Wildman–Crippen LogP) is 4.27. The van der Waals surface area contributed by atoms with Gasteiger partial charge in [-0.05, 0) is 25.8 Å². The van der Waals surface area contributed by atoms with Crippen molar-refractivity contribution in [1.29, 1.82) is 0 Å². The minimum Gasteiger partial charge on any atom is -0.461 e. The van der Waals surface area contributed by atoms with Crippen LogP contribution in [0.5, 0.6) is 0 Å². The van der Waals surface area contributed by atoms with Crippen molar-refractivity contribution in [1.82, 2.24) is 5.32 Å². The summed E-state index contributed by atoms with van der Waals surface area (Å²) in [6, 6.07) is 8.78. The normalized spacial score (nSPS) is 14.9. The minimum atomic E-state index is 0.531. The smallest absolute Gasteiger partial charge is 0.134 e. The average molecular weight is 245 g/mol. The molecule has 0 aliphatic carbocycles. The summed E-state index contributed by atoms with van der Waals surface area (Å²) in [5.41, 5.74) is 2.28. The zero-order chi connectivity index (χ0) is 13.1. The Balaban J connectivity index is 2.14. The number of nitrogens with one attached hydrogen (secondary N) is 1. The van der Waals surface area contributed by atoms with Gasteiger partial charge in [-0.3, -0.25) is 0 Å². The van der Waals surface area contributed by atoms with Crippen LogP contribution in [0, 0.1) is 12.8 Å². The molecular weight excluding hydrogens is 222 g/mol. The zero-order valence-corrected chi connectivity index (χ0v) is 11.8. The number of para-hydroxylation sites is 1. The number of fused-ring (bicyclic) bond motifs is 1. The molecule has 2 heteroatoms. The Morgan fingerprint density at radius 2 is 1.94 bits per heavy atom. The topological polar surface area (TPSA) is 25.2 Å². The third kappa shape index (κ3) is 2.59. The van der Waals surface area contributed by atoms with Crippen molar-refractivity contribution in [3.05, 3.63) is 35.6 Å². The SMILES string of the molecule is CCC(C)C(C)NCc1c(C)oc2ccccc12. The van der Waals surface area contributed by atoms with E-state index in [-0.39, 0.29) is 0 Å². The molecule has 0 saturated carbocycles. The molecule has 0 saturated heterocycles. The highest BCUT2D eigenvalue weighted by Gasteiger charge is 2.13. The Morgan fingerprint density at radius 1 is 1.22 bits per heavy atom. The molecule has 0 amide bonds. The molecule has 0 spiro atoms. The van der Waals surface area contributed by atoms with E-state index >= 15 is 0 Å². The molecule has 0 fully saturated rings. The summed E-state index contributed by atoms with van der Waals surface area (Å²) in [7, 11) is 0. The van der Waals surface area contributed by atoms with Crippen molar-refractivity contribution < 1.29 is 4.42 Å². The van der Waals surface area contributed by atoms with Crippen LogP contribution in [0.3, 0.4) is 0 Å². The first-order valence-electron chi connectivity index (χ1n) is 6.83.